The van der Waals surface area contributed by atoms with Crippen LogP contribution in [0, 0.1) is 17.2 Å². The predicted molar refractivity (Wildman–Crippen MR) is 67.1 cm³/mol. The Labute approximate surface area is 99.8 Å². The molecule has 0 aromatic heterocycles. The van der Waals surface area contributed by atoms with Gasteiger partial charge in [0.1, 0.15) is 5.54 Å². The first-order valence-corrected chi connectivity index (χ1v) is 6.45. The molecule has 1 aliphatic rings. The van der Waals surface area contributed by atoms with Crippen LogP contribution >= 0.6 is 0 Å². The van der Waals surface area contributed by atoms with E-state index in [1.807, 2.05) is 0 Å². The number of nitrogens with zero attached hydrogens (tertiary/aromatic N) is 2. The third kappa shape index (κ3) is 3.77. The van der Waals surface area contributed by atoms with E-state index < -0.39 is 0 Å². The van der Waals surface area contributed by atoms with E-state index in [1.54, 1.807) is 0 Å². The lowest BCUT2D eigenvalue weighted by Crippen LogP contribution is -2.47. The van der Waals surface area contributed by atoms with Crippen LogP contribution in [0.4, 0.5) is 0 Å². The molecule has 1 saturated heterocycles. The van der Waals surface area contributed by atoms with Crippen molar-refractivity contribution in [2.75, 3.05) is 26.2 Å². The van der Waals surface area contributed by atoms with Gasteiger partial charge in [-0.2, -0.15) is 5.26 Å². The van der Waals surface area contributed by atoms with Crippen LogP contribution in [0.2, 0.25) is 0 Å². The van der Waals surface area contributed by atoms with E-state index in [0.29, 0.717) is 5.92 Å². The van der Waals surface area contributed by atoms with Gasteiger partial charge in [-0.3, -0.25) is 4.90 Å². The van der Waals surface area contributed by atoms with Gasteiger partial charge < -0.3 is 5.32 Å². The molecule has 0 aromatic rings. The summed E-state index contributed by atoms with van der Waals surface area (Å²) in [5.41, 5.74) is -0.268. The van der Waals surface area contributed by atoms with Gasteiger partial charge in [0.05, 0.1) is 6.07 Å². The SMILES string of the molecule is CC(C)CCC(C)(C#N)N1CCCNCC1. The highest BCUT2D eigenvalue weighted by molar-refractivity contribution is 5.05. The molecule has 0 amide bonds. The number of hydrogen-bond donors (Lipinski definition) is 1. The number of nitriles is 1. The fourth-order valence-electron chi connectivity index (χ4n) is 2.19. The highest BCUT2D eigenvalue weighted by Crippen LogP contribution is 2.23. The van der Waals surface area contributed by atoms with Crippen molar-refractivity contribution in [2.45, 2.75) is 45.6 Å². The van der Waals surface area contributed by atoms with Gasteiger partial charge in [0.25, 0.3) is 0 Å². The molecule has 0 aromatic carbocycles. The normalized spacial score (nSPS) is 22.4. The Morgan fingerprint density at radius 3 is 2.75 bits per heavy atom. The summed E-state index contributed by atoms with van der Waals surface area (Å²) in [5.74, 6) is 0.678. The molecule has 16 heavy (non-hydrogen) atoms. The van der Waals surface area contributed by atoms with E-state index in [9.17, 15) is 5.26 Å². The average Bonchev–Trinajstić information content (AvgIpc) is 2.54. The molecular weight excluding hydrogens is 198 g/mol. The highest BCUT2D eigenvalue weighted by Gasteiger charge is 2.31. The maximum atomic E-state index is 9.43. The van der Waals surface area contributed by atoms with Gasteiger partial charge in [0.2, 0.25) is 0 Å². The van der Waals surface area contributed by atoms with Crippen LogP contribution in [0.1, 0.15) is 40.0 Å². The first kappa shape index (κ1) is 13.5. The summed E-state index contributed by atoms with van der Waals surface area (Å²) in [6, 6.07) is 2.53. The van der Waals surface area contributed by atoms with Gasteiger partial charge >= 0.3 is 0 Å². The Morgan fingerprint density at radius 2 is 2.12 bits per heavy atom. The van der Waals surface area contributed by atoms with Gasteiger partial charge in [-0.15, -0.1) is 0 Å². The molecule has 1 N–H and O–H groups in total. The monoisotopic (exact) mass is 223 g/mol. The first-order chi connectivity index (χ1) is 7.58. The molecule has 1 rings (SSSR count). The van der Waals surface area contributed by atoms with Crippen molar-refractivity contribution in [2.24, 2.45) is 5.92 Å². The smallest absolute Gasteiger partial charge is 0.106 e. The van der Waals surface area contributed by atoms with Crippen LogP contribution in [0.25, 0.3) is 0 Å². The van der Waals surface area contributed by atoms with Crippen molar-refractivity contribution in [1.82, 2.24) is 10.2 Å². The fourth-order valence-corrected chi connectivity index (χ4v) is 2.19. The topological polar surface area (TPSA) is 39.1 Å². The van der Waals surface area contributed by atoms with E-state index in [4.69, 9.17) is 0 Å². The minimum absolute atomic E-state index is 0.268. The lowest BCUT2D eigenvalue weighted by Gasteiger charge is -2.35. The Balaban J connectivity index is 2.58. The zero-order valence-corrected chi connectivity index (χ0v) is 10.9. The van der Waals surface area contributed by atoms with Crippen LogP contribution in [0.15, 0.2) is 0 Å². The van der Waals surface area contributed by atoms with Crippen molar-refractivity contribution in [3.8, 4) is 6.07 Å². The predicted octanol–water partition coefficient (Wildman–Crippen LogP) is 2.00. The Kier molecular flexibility index (Phi) is 5.24. The first-order valence-electron chi connectivity index (χ1n) is 6.45. The van der Waals surface area contributed by atoms with Gasteiger partial charge in [-0.25, -0.2) is 0 Å². The zero-order valence-electron chi connectivity index (χ0n) is 10.9. The van der Waals surface area contributed by atoms with Crippen LogP contribution in [0.5, 0.6) is 0 Å². The quantitative estimate of drug-likeness (QED) is 0.792. The maximum Gasteiger partial charge on any atom is 0.106 e. The second-order valence-corrected chi connectivity index (χ2v) is 5.41. The molecule has 1 fully saturated rings. The van der Waals surface area contributed by atoms with E-state index in [1.165, 1.54) is 0 Å². The number of rotatable bonds is 4. The lowest BCUT2D eigenvalue weighted by molar-refractivity contribution is 0.146. The van der Waals surface area contributed by atoms with Gasteiger partial charge in [0.15, 0.2) is 0 Å². The highest BCUT2D eigenvalue weighted by atomic mass is 15.2. The van der Waals surface area contributed by atoms with E-state index in [-0.39, 0.29) is 5.54 Å². The number of nitrogens with one attached hydrogen (secondary N) is 1. The molecule has 0 radical (unpaired) electrons. The van der Waals surface area contributed by atoms with Crippen molar-refractivity contribution >= 4 is 0 Å². The molecule has 0 aliphatic carbocycles. The van der Waals surface area contributed by atoms with Gasteiger partial charge in [-0.05, 0) is 38.6 Å². The van der Waals surface area contributed by atoms with Crippen LogP contribution < -0.4 is 5.32 Å². The fraction of sp³-hybridized carbons (Fsp3) is 0.923. The molecule has 3 nitrogen and oxygen atoms in total. The lowest BCUT2D eigenvalue weighted by atomic mass is 9.91. The molecule has 3 heteroatoms. The average molecular weight is 223 g/mol. The van der Waals surface area contributed by atoms with E-state index in [2.05, 4.69) is 37.1 Å². The summed E-state index contributed by atoms with van der Waals surface area (Å²) in [4.78, 5) is 2.36. The molecule has 92 valence electrons. The van der Waals surface area contributed by atoms with Crippen molar-refractivity contribution in [3.05, 3.63) is 0 Å². The summed E-state index contributed by atoms with van der Waals surface area (Å²) in [5, 5.41) is 12.8. The summed E-state index contributed by atoms with van der Waals surface area (Å²) in [7, 11) is 0. The minimum atomic E-state index is -0.268. The summed E-state index contributed by atoms with van der Waals surface area (Å²) in [6.45, 7) is 10.7. The minimum Gasteiger partial charge on any atom is -0.315 e. The zero-order chi connectivity index (χ0) is 12.0. The van der Waals surface area contributed by atoms with Crippen molar-refractivity contribution < 1.29 is 0 Å². The van der Waals surface area contributed by atoms with Crippen molar-refractivity contribution in [1.29, 1.82) is 5.26 Å². The Hall–Kier alpha value is -0.590. The van der Waals surface area contributed by atoms with Crippen LogP contribution in [-0.2, 0) is 0 Å². The standard InChI is InChI=1S/C13H25N3/c1-12(2)5-6-13(3,11-14)16-9-4-7-15-8-10-16/h12,15H,4-10H2,1-3H3. The summed E-state index contributed by atoms with van der Waals surface area (Å²) < 4.78 is 0. The molecule has 0 saturated carbocycles. The summed E-state index contributed by atoms with van der Waals surface area (Å²) >= 11 is 0. The second-order valence-electron chi connectivity index (χ2n) is 5.41. The molecule has 0 bridgehead atoms. The molecule has 1 heterocycles. The van der Waals surface area contributed by atoms with Gasteiger partial charge in [-0.1, -0.05) is 13.8 Å². The molecule has 1 aliphatic heterocycles. The maximum absolute atomic E-state index is 9.43. The molecule has 0 spiro atoms. The van der Waals surface area contributed by atoms with Crippen LogP contribution in [-0.4, -0.2) is 36.6 Å². The Morgan fingerprint density at radius 1 is 1.38 bits per heavy atom. The number of hydrogen-bond acceptors (Lipinski definition) is 3. The molecule has 1 atom stereocenters. The Bertz CT molecular complexity index is 236. The third-order valence-electron chi connectivity index (χ3n) is 3.49. The molecule has 1 unspecified atom stereocenters. The van der Waals surface area contributed by atoms with Crippen LogP contribution in [0.3, 0.4) is 0 Å². The van der Waals surface area contributed by atoms with Gasteiger partial charge in [0, 0.05) is 19.6 Å². The largest absolute Gasteiger partial charge is 0.315 e. The second kappa shape index (κ2) is 6.22. The van der Waals surface area contributed by atoms with E-state index in [0.717, 1.165) is 45.4 Å². The summed E-state index contributed by atoms with van der Waals surface area (Å²) in [6.07, 6.45) is 3.27. The van der Waals surface area contributed by atoms with Crippen molar-refractivity contribution in [3.63, 3.8) is 0 Å². The third-order valence-corrected chi connectivity index (χ3v) is 3.49. The molecular formula is C13H25N3. The van der Waals surface area contributed by atoms with E-state index >= 15 is 0 Å².